The number of halogens is 1. The van der Waals surface area contributed by atoms with Crippen LogP contribution in [0, 0.1) is 6.92 Å². The van der Waals surface area contributed by atoms with Crippen LogP contribution in [0.1, 0.15) is 5.56 Å². The Balaban J connectivity index is 1.91. The smallest absolute Gasteiger partial charge is 0.349 e. The maximum absolute atomic E-state index is 12.9. The predicted octanol–water partition coefficient (Wildman–Crippen LogP) is 6.38. The number of aryl methyl sites for hydroxylation is 1. The molecule has 0 bridgehead atoms. The maximum Gasteiger partial charge on any atom is 0.349 e. The second-order valence-electron chi connectivity index (χ2n) is 7.04. The molecule has 0 radical (unpaired) electrons. The van der Waals surface area contributed by atoms with E-state index in [0.29, 0.717) is 16.7 Å². The van der Waals surface area contributed by atoms with Gasteiger partial charge in [0, 0.05) is 20.9 Å². The van der Waals surface area contributed by atoms with E-state index in [9.17, 15) is 9.90 Å². The van der Waals surface area contributed by atoms with Gasteiger partial charge >= 0.3 is 5.63 Å². The molecule has 2 N–H and O–H groups in total. The molecule has 2 aromatic heterocycles. The van der Waals surface area contributed by atoms with Crippen molar-refractivity contribution >= 4 is 37.8 Å². The fraction of sp³-hybridized carbons (Fsp3) is 0.0417. The lowest BCUT2D eigenvalue weighted by Crippen LogP contribution is -2.04. The second kappa shape index (κ2) is 6.64. The highest BCUT2D eigenvalue weighted by Crippen LogP contribution is 2.42. The SMILES string of the molecule is Cc1ccc2[nH]c(-c3c(O)c4ccccc4oc3=O)c(-c3ccc(Br)cc3)c2c1. The van der Waals surface area contributed by atoms with E-state index in [4.69, 9.17) is 4.42 Å². The van der Waals surface area contributed by atoms with Gasteiger partial charge in [0.05, 0.1) is 11.1 Å². The number of aromatic nitrogens is 1. The summed E-state index contributed by atoms with van der Waals surface area (Å²) in [5.74, 6) is -0.0847. The quantitative estimate of drug-likeness (QED) is 0.309. The Morgan fingerprint density at radius 1 is 0.931 bits per heavy atom. The Bertz CT molecular complexity index is 1450. The average molecular weight is 446 g/mol. The number of para-hydroxylation sites is 1. The molecule has 5 rings (SSSR count). The van der Waals surface area contributed by atoms with Gasteiger partial charge in [-0.15, -0.1) is 0 Å². The van der Waals surface area contributed by atoms with Crippen molar-refractivity contribution in [3.05, 3.63) is 87.2 Å². The summed E-state index contributed by atoms with van der Waals surface area (Å²) in [4.78, 5) is 16.2. The van der Waals surface area contributed by atoms with Gasteiger partial charge in [-0.3, -0.25) is 0 Å². The number of benzene rings is 3. The third-order valence-corrected chi connectivity index (χ3v) is 5.65. The van der Waals surface area contributed by atoms with E-state index in [-0.39, 0.29) is 11.3 Å². The van der Waals surface area contributed by atoms with Crippen LogP contribution in [0.4, 0.5) is 0 Å². The van der Waals surface area contributed by atoms with Gasteiger partial charge in [-0.05, 0) is 48.9 Å². The minimum absolute atomic E-state index is 0.0847. The standard InChI is InChI=1S/C24H16BrNO3/c1-13-6-11-18-17(12-13)20(14-7-9-15(25)10-8-14)22(26-18)21-23(27)16-4-2-3-5-19(16)29-24(21)28/h2-12,26-27H,1H3. The molecule has 0 unspecified atom stereocenters. The summed E-state index contributed by atoms with van der Waals surface area (Å²) < 4.78 is 6.48. The van der Waals surface area contributed by atoms with Gasteiger partial charge < -0.3 is 14.5 Å². The number of H-pyrrole nitrogens is 1. The van der Waals surface area contributed by atoms with Gasteiger partial charge in [0.2, 0.25) is 0 Å². The van der Waals surface area contributed by atoms with E-state index in [0.717, 1.165) is 32.1 Å². The van der Waals surface area contributed by atoms with Crippen LogP contribution in [0.15, 0.2) is 80.4 Å². The van der Waals surface area contributed by atoms with Crippen molar-refractivity contribution in [2.75, 3.05) is 0 Å². The average Bonchev–Trinajstić information content (AvgIpc) is 3.07. The van der Waals surface area contributed by atoms with Crippen molar-refractivity contribution in [3.63, 3.8) is 0 Å². The largest absolute Gasteiger partial charge is 0.506 e. The summed E-state index contributed by atoms with van der Waals surface area (Å²) in [6.45, 7) is 2.03. The van der Waals surface area contributed by atoms with Crippen molar-refractivity contribution in [1.82, 2.24) is 4.98 Å². The Morgan fingerprint density at radius 3 is 2.48 bits per heavy atom. The number of aromatic amines is 1. The Kier molecular flexibility index (Phi) is 4.07. The Morgan fingerprint density at radius 2 is 1.69 bits per heavy atom. The van der Waals surface area contributed by atoms with Crippen molar-refractivity contribution in [2.45, 2.75) is 6.92 Å². The highest BCUT2D eigenvalue weighted by atomic mass is 79.9. The molecule has 0 fully saturated rings. The molecular formula is C24H16BrNO3. The molecule has 0 saturated carbocycles. The first-order valence-electron chi connectivity index (χ1n) is 9.16. The van der Waals surface area contributed by atoms with Gasteiger partial charge in [0.25, 0.3) is 0 Å². The number of hydrogen-bond acceptors (Lipinski definition) is 3. The molecular weight excluding hydrogens is 430 g/mol. The van der Waals surface area contributed by atoms with Gasteiger partial charge in [0.15, 0.2) is 0 Å². The molecule has 4 nitrogen and oxygen atoms in total. The molecule has 0 atom stereocenters. The molecule has 2 heterocycles. The minimum Gasteiger partial charge on any atom is -0.506 e. The van der Waals surface area contributed by atoms with Crippen LogP contribution < -0.4 is 5.63 Å². The third kappa shape index (κ3) is 2.86. The zero-order valence-electron chi connectivity index (χ0n) is 15.5. The summed E-state index contributed by atoms with van der Waals surface area (Å²) in [7, 11) is 0. The van der Waals surface area contributed by atoms with Crippen LogP contribution >= 0.6 is 15.9 Å². The van der Waals surface area contributed by atoms with Crippen molar-refractivity contribution in [3.8, 4) is 28.1 Å². The first-order valence-corrected chi connectivity index (χ1v) is 9.95. The second-order valence-corrected chi connectivity index (χ2v) is 7.96. The molecule has 29 heavy (non-hydrogen) atoms. The normalized spacial score (nSPS) is 11.4. The van der Waals surface area contributed by atoms with E-state index >= 15 is 0 Å². The van der Waals surface area contributed by atoms with E-state index in [2.05, 4.69) is 27.0 Å². The van der Waals surface area contributed by atoms with Crippen LogP contribution in [-0.2, 0) is 0 Å². The van der Waals surface area contributed by atoms with Crippen molar-refractivity contribution < 1.29 is 9.52 Å². The van der Waals surface area contributed by atoms with Crippen molar-refractivity contribution in [2.24, 2.45) is 0 Å². The summed E-state index contributed by atoms with van der Waals surface area (Å²) in [6, 6.07) is 20.9. The molecule has 0 spiro atoms. The van der Waals surface area contributed by atoms with Gasteiger partial charge in [-0.2, -0.15) is 0 Å². The predicted molar refractivity (Wildman–Crippen MR) is 119 cm³/mol. The monoisotopic (exact) mass is 445 g/mol. The molecule has 5 aromatic rings. The lowest BCUT2D eigenvalue weighted by Gasteiger charge is -2.09. The molecule has 142 valence electrons. The molecule has 5 heteroatoms. The van der Waals surface area contributed by atoms with E-state index in [1.54, 1.807) is 24.3 Å². The molecule has 0 amide bonds. The summed E-state index contributed by atoms with van der Waals surface area (Å²) in [6.07, 6.45) is 0. The number of rotatable bonds is 2. The van der Waals surface area contributed by atoms with Crippen LogP contribution in [0.3, 0.4) is 0 Å². The van der Waals surface area contributed by atoms with E-state index in [1.807, 2.05) is 43.3 Å². The van der Waals surface area contributed by atoms with Gasteiger partial charge in [-0.25, -0.2) is 4.79 Å². The maximum atomic E-state index is 12.9. The zero-order valence-corrected chi connectivity index (χ0v) is 17.1. The summed E-state index contributed by atoms with van der Waals surface area (Å²) >= 11 is 3.47. The van der Waals surface area contributed by atoms with Crippen molar-refractivity contribution in [1.29, 1.82) is 0 Å². The summed E-state index contributed by atoms with van der Waals surface area (Å²) in [5, 5.41) is 12.5. The number of nitrogens with one attached hydrogen (secondary N) is 1. The highest BCUT2D eigenvalue weighted by Gasteiger charge is 2.23. The lowest BCUT2D eigenvalue weighted by atomic mass is 9.97. The Hall–Kier alpha value is -3.31. The topological polar surface area (TPSA) is 66.2 Å². The molecule has 0 aliphatic heterocycles. The van der Waals surface area contributed by atoms with Crippen LogP contribution in [0.25, 0.3) is 44.3 Å². The number of fused-ring (bicyclic) bond motifs is 2. The highest BCUT2D eigenvalue weighted by molar-refractivity contribution is 9.10. The van der Waals surface area contributed by atoms with Crippen LogP contribution in [-0.4, -0.2) is 10.1 Å². The van der Waals surface area contributed by atoms with Crippen LogP contribution in [0.2, 0.25) is 0 Å². The zero-order chi connectivity index (χ0) is 20.1. The first-order chi connectivity index (χ1) is 14.0. The van der Waals surface area contributed by atoms with E-state index in [1.165, 1.54) is 0 Å². The minimum atomic E-state index is -0.581. The van der Waals surface area contributed by atoms with Gasteiger partial charge in [0.1, 0.15) is 16.9 Å². The fourth-order valence-electron chi connectivity index (χ4n) is 3.76. The number of hydrogen-bond donors (Lipinski definition) is 2. The summed E-state index contributed by atoms with van der Waals surface area (Å²) in [5.41, 5.74) is 4.24. The van der Waals surface area contributed by atoms with E-state index < -0.39 is 5.63 Å². The first kappa shape index (κ1) is 17.8. The third-order valence-electron chi connectivity index (χ3n) is 5.12. The van der Waals surface area contributed by atoms with Crippen LogP contribution in [0.5, 0.6) is 5.75 Å². The Labute approximate surface area is 174 Å². The van der Waals surface area contributed by atoms with Gasteiger partial charge in [-0.1, -0.05) is 51.8 Å². The fourth-order valence-corrected chi connectivity index (χ4v) is 4.03. The molecule has 0 aliphatic carbocycles. The molecule has 0 saturated heterocycles. The lowest BCUT2D eigenvalue weighted by molar-refractivity contribution is 0.471. The molecule has 3 aromatic carbocycles. The molecule has 0 aliphatic rings. The number of aromatic hydroxyl groups is 1.